The number of unbranched alkanes of at least 4 members (excludes halogenated alkanes) is 1. The molecule has 3 amide bonds. The SMILES string of the molecule is NCCCCC(NC(=O)C1CCCN1C(=O)C(N)CO)C(=O)NC(CO)C(=O)O. The highest BCUT2D eigenvalue weighted by Crippen LogP contribution is 2.19. The van der Waals surface area contributed by atoms with Crippen molar-refractivity contribution >= 4 is 23.7 Å². The van der Waals surface area contributed by atoms with Crippen molar-refractivity contribution in [3.63, 3.8) is 0 Å². The van der Waals surface area contributed by atoms with Gasteiger partial charge in [0.2, 0.25) is 17.7 Å². The average Bonchev–Trinajstić information content (AvgIpc) is 3.19. The largest absolute Gasteiger partial charge is 0.480 e. The lowest BCUT2D eigenvalue weighted by molar-refractivity contribution is -0.144. The van der Waals surface area contributed by atoms with E-state index in [4.69, 9.17) is 26.8 Å². The van der Waals surface area contributed by atoms with Crippen LogP contribution >= 0.6 is 0 Å². The van der Waals surface area contributed by atoms with Crippen molar-refractivity contribution < 1.29 is 34.5 Å². The topological polar surface area (TPSA) is 208 Å². The maximum Gasteiger partial charge on any atom is 0.328 e. The molecule has 4 unspecified atom stereocenters. The molecule has 166 valence electrons. The van der Waals surface area contributed by atoms with Crippen molar-refractivity contribution in [3.05, 3.63) is 0 Å². The fourth-order valence-corrected chi connectivity index (χ4v) is 3.08. The first kappa shape index (κ1) is 24.8. The van der Waals surface area contributed by atoms with Crippen LogP contribution in [-0.2, 0) is 19.2 Å². The molecule has 0 aromatic carbocycles. The van der Waals surface area contributed by atoms with Gasteiger partial charge < -0.3 is 42.3 Å². The number of nitrogens with one attached hydrogen (secondary N) is 2. The fourth-order valence-electron chi connectivity index (χ4n) is 3.08. The Morgan fingerprint density at radius 2 is 1.76 bits per heavy atom. The van der Waals surface area contributed by atoms with Crippen molar-refractivity contribution in [2.45, 2.75) is 56.3 Å². The molecule has 0 aliphatic carbocycles. The van der Waals surface area contributed by atoms with Crippen molar-refractivity contribution in [2.24, 2.45) is 11.5 Å². The minimum Gasteiger partial charge on any atom is -0.480 e. The van der Waals surface area contributed by atoms with E-state index in [0.29, 0.717) is 38.8 Å². The molecule has 0 aromatic rings. The number of aliphatic hydroxyl groups excluding tert-OH is 2. The number of carboxylic acid groups (broad SMARTS) is 1. The zero-order valence-electron chi connectivity index (χ0n) is 16.2. The molecule has 1 rings (SSSR count). The van der Waals surface area contributed by atoms with Crippen LogP contribution in [0.3, 0.4) is 0 Å². The van der Waals surface area contributed by atoms with E-state index in [2.05, 4.69) is 10.6 Å². The average molecular weight is 417 g/mol. The second-order valence-corrected chi connectivity index (χ2v) is 6.91. The number of carboxylic acids is 1. The van der Waals surface area contributed by atoms with E-state index in [1.54, 1.807) is 0 Å². The second-order valence-electron chi connectivity index (χ2n) is 6.91. The molecule has 0 saturated carbocycles. The van der Waals surface area contributed by atoms with Crippen LogP contribution < -0.4 is 22.1 Å². The van der Waals surface area contributed by atoms with Crippen LogP contribution in [0.5, 0.6) is 0 Å². The predicted molar refractivity (Wildman–Crippen MR) is 101 cm³/mol. The number of carbonyl (C=O) groups is 4. The molecular formula is C17H31N5O7. The van der Waals surface area contributed by atoms with E-state index >= 15 is 0 Å². The third kappa shape index (κ3) is 7.24. The zero-order chi connectivity index (χ0) is 22.0. The third-order valence-corrected chi connectivity index (χ3v) is 4.73. The zero-order valence-corrected chi connectivity index (χ0v) is 16.2. The van der Waals surface area contributed by atoms with Crippen LogP contribution in [0.15, 0.2) is 0 Å². The van der Waals surface area contributed by atoms with Crippen LogP contribution in [-0.4, -0.2) is 94.4 Å². The Kier molecular flexibility index (Phi) is 10.5. The molecule has 12 heteroatoms. The predicted octanol–water partition coefficient (Wildman–Crippen LogP) is -3.53. The molecule has 29 heavy (non-hydrogen) atoms. The van der Waals surface area contributed by atoms with E-state index in [1.165, 1.54) is 4.90 Å². The molecule has 0 aromatic heterocycles. The lowest BCUT2D eigenvalue weighted by Gasteiger charge is -2.28. The van der Waals surface area contributed by atoms with Gasteiger partial charge >= 0.3 is 5.97 Å². The van der Waals surface area contributed by atoms with Gasteiger partial charge in [-0.3, -0.25) is 14.4 Å². The lowest BCUT2D eigenvalue weighted by atomic mass is 10.1. The first-order valence-electron chi connectivity index (χ1n) is 9.58. The van der Waals surface area contributed by atoms with Gasteiger partial charge in [0.05, 0.1) is 13.2 Å². The van der Waals surface area contributed by atoms with Gasteiger partial charge in [-0.15, -0.1) is 0 Å². The van der Waals surface area contributed by atoms with Crippen LogP contribution in [0.1, 0.15) is 32.1 Å². The second kappa shape index (κ2) is 12.3. The van der Waals surface area contributed by atoms with Crippen LogP contribution in [0, 0.1) is 0 Å². The van der Waals surface area contributed by atoms with E-state index < -0.39 is 61.1 Å². The van der Waals surface area contributed by atoms with Gasteiger partial charge in [-0.2, -0.15) is 0 Å². The molecule has 9 N–H and O–H groups in total. The van der Waals surface area contributed by atoms with Gasteiger partial charge in [0.25, 0.3) is 0 Å². The normalized spacial score (nSPS) is 19.3. The smallest absolute Gasteiger partial charge is 0.328 e. The van der Waals surface area contributed by atoms with Crippen molar-refractivity contribution in [2.75, 3.05) is 26.3 Å². The molecule has 0 bridgehead atoms. The summed E-state index contributed by atoms with van der Waals surface area (Å²) in [5.41, 5.74) is 11.0. The number of amides is 3. The molecule has 1 fully saturated rings. The minimum absolute atomic E-state index is 0.212. The van der Waals surface area contributed by atoms with Crippen LogP contribution in [0.2, 0.25) is 0 Å². The highest BCUT2D eigenvalue weighted by molar-refractivity contribution is 5.94. The molecule has 12 nitrogen and oxygen atoms in total. The molecule has 1 saturated heterocycles. The molecule has 1 aliphatic rings. The monoisotopic (exact) mass is 417 g/mol. The Morgan fingerprint density at radius 1 is 1.07 bits per heavy atom. The van der Waals surface area contributed by atoms with Gasteiger partial charge in [0.15, 0.2) is 0 Å². The summed E-state index contributed by atoms with van der Waals surface area (Å²) < 4.78 is 0. The van der Waals surface area contributed by atoms with Gasteiger partial charge in [0.1, 0.15) is 24.2 Å². The Balaban J connectivity index is 2.85. The standard InChI is InChI=1S/C17H31N5O7/c18-6-2-1-4-11(14(25)21-12(9-24)17(28)29)20-15(26)13-5-3-7-22(13)16(27)10(19)8-23/h10-13,23-24H,1-9,18-19H2,(H,20,26)(H,21,25)(H,28,29). The Bertz CT molecular complexity index is 589. The highest BCUT2D eigenvalue weighted by Gasteiger charge is 2.37. The summed E-state index contributed by atoms with van der Waals surface area (Å²) in [5.74, 6) is -3.27. The molecule has 0 radical (unpaired) electrons. The van der Waals surface area contributed by atoms with Gasteiger partial charge in [-0.25, -0.2) is 4.79 Å². The van der Waals surface area contributed by atoms with Crippen molar-refractivity contribution in [1.82, 2.24) is 15.5 Å². The fraction of sp³-hybridized carbons (Fsp3) is 0.765. The third-order valence-electron chi connectivity index (χ3n) is 4.73. The first-order chi connectivity index (χ1) is 13.8. The summed E-state index contributed by atoms with van der Waals surface area (Å²) in [6.07, 6.45) is 2.26. The van der Waals surface area contributed by atoms with Crippen LogP contribution in [0.25, 0.3) is 0 Å². The Hall–Kier alpha value is -2.28. The Labute approximate surface area is 168 Å². The maximum atomic E-state index is 12.7. The minimum atomic E-state index is -1.50. The summed E-state index contributed by atoms with van der Waals surface area (Å²) in [7, 11) is 0. The van der Waals surface area contributed by atoms with Crippen molar-refractivity contribution in [1.29, 1.82) is 0 Å². The lowest BCUT2D eigenvalue weighted by Crippen LogP contribution is -2.57. The van der Waals surface area contributed by atoms with E-state index in [-0.39, 0.29) is 6.42 Å². The first-order valence-corrected chi connectivity index (χ1v) is 9.58. The van der Waals surface area contributed by atoms with Gasteiger partial charge in [0, 0.05) is 6.54 Å². The number of rotatable bonds is 12. The van der Waals surface area contributed by atoms with Crippen molar-refractivity contribution in [3.8, 4) is 0 Å². The van der Waals surface area contributed by atoms with Gasteiger partial charge in [-0.1, -0.05) is 0 Å². The summed E-state index contributed by atoms with van der Waals surface area (Å²) in [4.78, 5) is 49.8. The molecular weight excluding hydrogens is 386 g/mol. The number of aliphatic carboxylic acids is 1. The molecule has 0 spiro atoms. The number of hydrogen-bond acceptors (Lipinski definition) is 8. The quantitative estimate of drug-likeness (QED) is 0.157. The van der Waals surface area contributed by atoms with E-state index in [1.807, 2.05) is 0 Å². The van der Waals surface area contributed by atoms with E-state index in [9.17, 15) is 19.2 Å². The van der Waals surface area contributed by atoms with Gasteiger partial charge in [-0.05, 0) is 38.6 Å². The number of nitrogens with two attached hydrogens (primary N) is 2. The summed E-state index contributed by atoms with van der Waals surface area (Å²) in [5, 5.41) is 31.9. The summed E-state index contributed by atoms with van der Waals surface area (Å²) in [6, 6.07) is -4.51. The van der Waals surface area contributed by atoms with Crippen LogP contribution in [0.4, 0.5) is 0 Å². The number of hydrogen-bond donors (Lipinski definition) is 7. The number of likely N-dealkylation sites (tertiary alicyclic amines) is 1. The Morgan fingerprint density at radius 3 is 2.31 bits per heavy atom. The molecule has 1 aliphatic heterocycles. The number of nitrogens with zero attached hydrogens (tertiary/aromatic N) is 1. The molecule has 4 atom stereocenters. The summed E-state index contributed by atoms with van der Waals surface area (Å²) >= 11 is 0. The molecule has 1 heterocycles. The number of aliphatic hydroxyl groups is 2. The summed E-state index contributed by atoms with van der Waals surface area (Å²) in [6.45, 7) is -0.652. The number of carbonyl (C=O) groups excluding carboxylic acids is 3. The highest BCUT2D eigenvalue weighted by atomic mass is 16.4. The maximum absolute atomic E-state index is 12.7. The van der Waals surface area contributed by atoms with E-state index in [0.717, 1.165) is 0 Å².